The van der Waals surface area contributed by atoms with Crippen molar-refractivity contribution in [1.82, 2.24) is 9.88 Å². The molecule has 1 amide bonds. The molecule has 1 aliphatic heterocycles. The van der Waals surface area contributed by atoms with E-state index in [-0.39, 0.29) is 10.9 Å². The fourth-order valence-electron chi connectivity index (χ4n) is 3.31. The Hall–Kier alpha value is -3.23. The van der Waals surface area contributed by atoms with E-state index < -0.39 is 5.82 Å². The van der Waals surface area contributed by atoms with E-state index in [0.29, 0.717) is 33.7 Å². The molecule has 1 aromatic heterocycles. The number of anilines is 2. The number of hydrogen-bond donors (Lipinski definition) is 2. The lowest BCUT2D eigenvalue weighted by atomic mass is 10.3. The van der Waals surface area contributed by atoms with E-state index in [1.807, 2.05) is 12.1 Å². The van der Waals surface area contributed by atoms with Crippen LogP contribution in [0.4, 0.5) is 15.8 Å². The zero-order chi connectivity index (χ0) is 22.5. The Bertz CT molecular complexity index is 1150. The fourth-order valence-corrected chi connectivity index (χ4v) is 3.73. The molecule has 6 nitrogen and oxygen atoms in total. The summed E-state index contributed by atoms with van der Waals surface area (Å²) in [6.45, 7) is 1.52. The number of carbonyl (C=O) groups excluding carboxylic acids is 1. The van der Waals surface area contributed by atoms with E-state index in [0.717, 1.165) is 25.9 Å². The molecule has 9 heteroatoms. The molecule has 0 atom stereocenters. The second-order valence-electron chi connectivity index (χ2n) is 7.21. The summed E-state index contributed by atoms with van der Waals surface area (Å²) < 4.78 is 19.2. The maximum Gasteiger partial charge on any atom is 0.272 e. The van der Waals surface area contributed by atoms with Crippen molar-refractivity contribution in [2.75, 3.05) is 23.7 Å². The van der Waals surface area contributed by atoms with Gasteiger partial charge in [-0.3, -0.25) is 9.78 Å². The molecule has 1 aliphatic rings. The molecule has 1 fully saturated rings. The van der Waals surface area contributed by atoms with Crippen molar-refractivity contribution in [2.24, 2.45) is 0 Å². The maximum absolute atomic E-state index is 13.3. The molecule has 2 N–H and O–H groups in total. The molecule has 0 spiro atoms. The molecule has 3 aromatic rings. The number of rotatable bonds is 5. The highest BCUT2D eigenvalue weighted by Gasteiger charge is 2.20. The van der Waals surface area contributed by atoms with Crippen LogP contribution < -0.4 is 15.4 Å². The van der Waals surface area contributed by atoms with Gasteiger partial charge in [0.05, 0.1) is 5.02 Å². The van der Waals surface area contributed by atoms with Gasteiger partial charge >= 0.3 is 0 Å². The van der Waals surface area contributed by atoms with Crippen molar-refractivity contribution in [2.45, 2.75) is 12.8 Å². The first kappa shape index (κ1) is 22.0. The molecule has 0 saturated carbocycles. The number of halogens is 2. The number of pyridine rings is 1. The number of hydrogen-bond acceptors (Lipinski definition) is 4. The van der Waals surface area contributed by atoms with Gasteiger partial charge in [-0.2, -0.15) is 0 Å². The summed E-state index contributed by atoms with van der Waals surface area (Å²) in [6, 6.07) is 14.8. The normalized spacial score (nSPS) is 13.0. The van der Waals surface area contributed by atoms with Crippen LogP contribution in [0, 0.1) is 5.82 Å². The highest BCUT2D eigenvalue weighted by molar-refractivity contribution is 7.80. The van der Waals surface area contributed by atoms with E-state index >= 15 is 0 Å². The van der Waals surface area contributed by atoms with Crippen LogP contribution in [0.25, 0.3) is 0 Å². The van der Waals surface area contributed by atoms with Crippen LogP contribution in [0.1, 0.15) is 23.3 Å². The number of benzene rings is 2. The molecular weight excluding hydrogens is 451 g/mol. The van der Waals surface area contributed by atoms with Crippen molar-refractivity contribution < 1.29 is 13.9 Å². The molecule has 2 aromatic carbocycles. The number of thiocarbonyl (C=S) groups is 1. The van der Waals surface area contributed by atoms with Gasteiger partial charge in [-0.1, -0.05) is 17.7 Å². The minimum atomic E-state index is -0.498. The summed E-state index contributed by atoms with van der Waals surface area (Å²) in [4.78, 5) is 18.6. The molecular formula is C23H20ClFN4O2S. The van der Waals surface area contributed by atoms with Crippen LogP contribution in [0.15, 0.2) is 60.8 Å². The van der Waals surface area contributed by atoms with Crippen molar-refractivity contribution in [1.29, 1.82) is 0 Å². The quantitative estimate of drug-likeness (QED) is 0.465. The number of likely N-dealkylation sites (tertiary alicyclic amines) is 1. The fraction of sp³-hybridized carbons (Fsp3) is 0.174. The Labute approximate surface area is 195 Å². The summed E-state index contributed by atoms with van der Waals surface area (Å²) in [5.41, 5.74) is 1.62. The third kappa shape index (κ3) is 5.52. The lowest BCUT2D eigenvalue weighted by Gasteiger charge is -2.15. The molecule has 0 radical (unpaired) electrons. The highest BCUT2D eigenvalue weighted by Crippen LogP contribution is 2.25. The van der Waals surface area contributed by atoms with Crippen molar-refractivity contribution in [3.05, 3.63) is 77.3 Å². The lowest BCUT2D eigenvalue weighted by molar-refractivity contribution is 0.0786. The van der Waals surface area contributed by atoms with E-state index in [1.165, 1.54) is 12.1 Å². The van der Waals surface area contributed by atoms with Gasteiger partial charge in [-0.05, 0) is 61.5 Å². The molecule has 2 heterocycles. The summed E-state index contributed by atoms with van der Waals surface area (Å²) in [5.74, 6) is 0.498. The third-order valence-corrected chi connectivity index (χ3v) is 5.34. The number of nitrogens with zero attached hydrogens (tertiary/aromatic N) is 2. The monoisotopic (exact) mass is 470 g/mol. The Morgan fingerprint density at radius 2 is 1.75 bits per heavy atom. The summed E-state index contributed by atoms with van der Waals surface area (Å²) >= 11 is 11.1. The SMILES string of the molecule is O=C(c1cc(Oc2cccc(NC(=S)Nc3ccc(F)c(Cl)c3)c2)ccn1)N1CCCC1. The van der Waals surface area contributed by atoms with E-state index in [2.05, 4.69) is 15.6 Å². The molecule has 4 rings (SSSR count). The zero-order valence-corrected chi connectivity index (χ0v) is 18.5. The standard InChI is InChI=1S/C23H20ClFN4O2S/c24-19-13-16(6-7-20(19)25)28-23(32)27-15-4-3-5-17(12-15)31-18-8-9-26-21(14-18)22(30)29-10-1-2-11-29/h3-9,12-14H,1-2,10-11H2,(H2,27,28,32). The Balaban J connectivity index is 1.40. The van der Waals surface area contributed by atoms with Crippen LogP contribution >= 0.6 is 23.8 Å². The first-order valence-electron chi connectivity index (χ1n) is 10.0. The average molecular weight is 471 g/mol. The summed E-state index contributed by atoms with van der Waals surface area (Å²) in [7, 11) is 0. The Kier molecular flexibility index (Phi) is 6.82. The van der Waals surface area contributed by atoms with Gasteiger partial charge in [0.2, 0.25) is 0 Å². The van der Waals surface area contributed by atoms with Gasteiger partial charge in [-0.15, -0.1) is 0 Å². The topological polar surface area (TPSA) is 66.5 Å². The molecule has 1 saturated heterocycles. The average Bonchev–Trinajstić information content (AvgIpc) is 3.31. The second kappa shape index (κ2) is 9.93. The first-order chi connectivity index (χ1) is 15.5. The second-order valence-corrected chi connectivity index (χ2v) is 8.03. The van der Waals surface area contributed by atoms with Gasteiger partial charge in [-0.25, -0.2) is 4.39 Å². The van der Waals surface area contributed by atoms with Crippen LogP contribution in [-0.2, 0) is 0 Å². The van der Waals surface area contributed by atoms with Crippen molar-refractivity contribution in [3.63, 3.8) is 0 Å². The van der Waals surface area contributed by atoms with E-state index in [1.54, 1.807) is 41.4 Å². The Morgan fingerprint density at radius 3 is 2.50 bits per heavy atom. The predicted molar refractivity (Wildman–Crippen MR) is 127 cm³/mol. The molecule has 164 valence electrons. The van der Waals surface area contributed by atoms with Crippen molar-refractivity contribution >= 4 is 46.2 Å². The van der Waals surface area contributed by atoms with Crippen LogP contribution in [0.3, 0.4) is 0 Å². The van der Waals surface area contributed by atoms with Gasteiger partial charge in [0.1, 0.15) is 23.0 Å². The Morgan fingerprint density at radius 1 is 1.03 bits per heavy atom. The smallest absolute Gasteiger partial charge is 0.272 e. The number of carbonyl (C=O) groups is 1. The molecule has 0 bridgehead atoms. The predicted octanol–water partition coefficient (Wildman–Crippen LogP) is 5.71. The zero-order valence-electron chi connectivity index (χ0n) is 17.0. The van der Waals surface area contributed by atoms with Gasteiger partial charge in [0, 0.05) is 42.8 Å². The highest BCUT2D eigenvalue weighted by atomic mass is 35.5. The number of ether oxygens (including phenoxy) is 1. The van der Waals surface area contributed by atoms with Crippen LogP contribution in [0.2, 0.25) is 5.02 Å². The van der Waals surface area contributed by atoms with Gasteiger partial charge in [0.15, 0.2) is 5.11 Å². The third-order valence-electron chi connectivity index (χ3n) is 4.85. The molecule has 0 aliphatic carbocycles. The number of amides is 1. The maximum atomic E-state index is 13.3. The largest absolute Gasteiger partial charge is 0.457 e. The number of nitrogens with one attached hydrogen (secondary N) is 2. The van der Waals surface area contributed by atoms with Crippen LogP contribution in [-0.4, -0.2) is 34.0 Å². The molecule has 0 unspecified atom stereocenters. The number of aromatic nitrogens is 1. The summed E-state index contributed by atoms with van der Waals surface area (Å²) in [6.07, 6.45) is 3.60. The first-order valence-corrected chi connectivity index (χ1v) is 10.8. The van der Waals surface area contributed by atoms with Crippen molar-refractivity contribution in [3.8, 4) is 11.5 Å². The van der Waals surface area contributed by atoms with E-state index in [4.69, 9.17) is 28.6 Å². The van der Waals surface area contributed by atoms with Crippen LogP contribution in [0.5, 0.6) is 11.5 Å². The summed E-state index contributed by atoms with van der Waals surface area (Å²) in [5, 5.41) is 6.32. The van der Waals surface area contributed by atoms with Gasteiger partial charge < -0.3 is 20.3 Å². The van der Waals surface area contributed by atoms with E-state index in [9.17, 15) is 9.18 Å². The minimum absolute atomic E-state index is 0.00753. The molecule has 32 heavy (non-hydrogen) atoms. The lowest BCUT2D eigenvalue weighted by Crippen LogP contribution is -2.28. The van der Waals surface area contributed by atoms with Gasteiger partial charge in [0.25, 0.3) is 5.91 Å². The minimum Gasteiger partial charge on any atom is -0.457 e.